The summed E-state index contributed by atoms with van der Waals surface area (Å²) in [5, 5.41) is 3.54. The molecular weight excluding hydrogens is 447 g/mol. The number of likely N-dealkylation sites (N-methyl/N-ethyl adjacent to an activating group) is 1. The van der Waals surface area contributed by atoms with Gasteiger partial charge in [0.25, 0.3) is 5.91 Å². The minimum Gasteiger partial charge on any atom is -0.331 e. The normalized spacial score (nSPS) is 15.8. The minimum absolute atomic E-state index is 0.0845. The summed E-state index contributed by atoms with van der Waals surface area (Å²) in [4.78, 5) is 23.6. The molecule has 4 rings (SSSR count). The Labute approximate surface area is 195 Å². The fourth-order valence-corrected chi connectivity index (χ4v) is 3.64. The van der Waals surface area contributed by atoms with E-state index in [9.17, 15) is 9.18 Å². The van der Waals surface area contributed by atoms with Gasteiger partial charge in [-0.1, -0.05) is 54.1 Å². The number of halogens is 2. The van der Waals surface area contributed by atoms with Crippen molar-refractivity contribution in [1.29, 1.82) is 0 Å². The fourth-order valence-electron chi connectivity index (χ4n) is 3.30. The van der Waals surface area contributed by atoms with Crippen LogP contribution in [0, 0.1) is 5.82 Å². The van der Waals surface area contributed by atoms with Gasteiger partial charge in [-0.3, -0.25) is 4.79 Å². The third-order valence-corrected chi connectivity index (χ3v) is 5.36. The average molecular weight is 465 g/mol. The number of amides is 1. The van der Waals surface area contributed by atoms with Crippen LogP contribution in [-0.2, 0) is 4.79 Å². The summed E-state index contributed by atoms with van der Waals surface area (Å²) < 4.78 is 13.1. The third kappa shape index (κ3) is 4.74. The Kier molecular flexibility index (Phi) is 6.39. The Balaban J connectivity index is 1.68. The Morgan fingerprint density at radius 2 is 1.88 bits per heavy atom. The van der Waals surface area contributed by atoms with Gasteiger partial charge in [-0.2, -0.15) is 0 Å². The highest BCUT2D eigenvalue weighted by atomic mass is 35.5. The lowest BCUT2D eigenvalue weighted by Crippen LogP contribution is -2.45. The molecule has 3 aromatic carbocycles. The van der Waals surface area contributed by atoms with Gasteiger partial charge in [0.1, 0.15) is 5.82 Å². The van der Waals surface area contributed by atoms with E-state index in [1.807, 2.05) is 30.3 Å². The molecular formula is C24H18ClFN4OS. The molecule has 0 aromatic heterocycles. The Morgan fingerprint density at radius 3 is 2.59 bits per heavy atom. The smallest absolute Gasteiger partial charge is 0.272 e. The first-order valence-electron chi connectivity index (χ1n) is 9.73. The van der Waals surface area contributed by atoms with Crippen LogP contribution in [0.2, 0.25) is 5.02 Å². The van der Waals surface area contributed by atoms with E-state index in [2.05, 4.69) is 10.3 Å². The van der Waals surface area contributed by atoms with Gasteiger partial charge in [0.05, 0.1) is 11.4 Å². The molecule has 1 unspecified atom stereocenters. The number of carbonyl (C=O) groups is 1. The molecule has 1 atom stereocenters. The molecule has 1 aliphatic heterocycles. The maximum absolute atomic E-state index is 13.2. The van der Waals surface area contributed by atoms with E-state index in [0.29, 0.717) is 22.0 Å². The monoisotopic (exact) mass is 464 g/mol. The number of rotatable bonds is 3. The van der Waals surface area contributed by atoms with Crippen molar-refractivity contribution in [3.8, 4) is 0 Å². The van der Waals surface area contributed by atoms with Gasteiger partial charge in [0.15, 0.2) is 5.11 Å². The van der Waals surface area contributed by atoms with Crippen molar-refractivity contribution in [2.24, 2.45) is 9.98 Å². The second-order valence-corrected chi connectivity index (χ2v) is 7.89. The van der Waals surface area contributed by atoms with Crippen molar-refractivity contribution < 1.29 is 9.18 Å². The second-order valence-electron chi connectivity index (χ2n) is 7.06. The molecule has 3 aromatic rings. The lowest BCUT2D eigenvalue weighted by molar-refractivity contribution is -0.119. The van der Waals surface area contributed by atoms with Crippen molar-refractivity contribution in [2.45, 2.75) is 6.17 Å². The Morgan fingerprint density at radius 1 is 1.16 bits per heavy atom. The summed E-state index contributed by atoms with van der Waals surface area (Å²) in [5.74, 6) is -0.628. The first-order chi connectivity index (χ1) is 15.4. The highest BCUT2D eigenvalue weighted by Gasteiger charge is 2.30. The topological polar surface area (TPSA) is 57.1 Å². The molecule has 5 nitrogen and oxygen atoms in total. The number of carbonyl (C=O) groups excluding carboxylic acids is 1. The minimum atomic E-state index is -0.987. The van der Waals surface area contributed by atoms with E-state index in [4.69, 9.17) is 28.8 Å². The molecule has 0 bridgehead atoms. The molecule has 8 heteroatoms. The van der Waals surface area contributed by atoms with Gasteiger partial charge in [0, 0.05) is 29.4 Å². The van der Waals surface area contributed by atoms with Crippen LogP contribution in [0.4, 0.5) is 10.1 Å². The maximum atomic E-state index is 13.2. The number of nitrogens with one attached hydrogen (secondary N) is 1. The highest BCUT2D eigenvalue weighted by Crippen LogP contribution is 2.29. The van der Waals surface area contributed by atoms with Crippen LogP contribution in [0.3, 0.4) is 0 Å². The Bertz CT molecular complexity index is 1230. The third-order valence-electron chi connectivity index (χ3n) is 4.91. The van der Waals surface area contributed by atoms with Crippen LogP contribution in [-0.4, -0.2) is 36.2 Å². The molecule has 0 spiro atoms. The molecule has 32 heavy (non-hydrogen) atoms. The number of benzene rings is 3. The first-order valence-corrected chi connectivity index (χ1v) is 10.5. The van der Waals surface area contributed by atoms with Gasteiger partial charge in [0.2, 0.25) is 6.17 Å². The van der Waals surface area contributed by atoms with Crippen molar-refractivity contribution in [2.75, 3.05) is 11.9 Å². The highest BCUT2D eigenvalue weighted by molar-refractivity contribution is 7.80. The van der Waals surface area contributed by atoms with E-state index in [1.54, 1.807) is 37.4 Å². The van der Waals surface area contributed by atoms with Gasteiger partial charge in [-0.05, 0) is 48.1 Å². The zero-order chi connectivity index (χ0) is 22.7. The SMILES string of the molecule is CN1C(=O)C(NC(=S)/N=C/c2ccc(F)cc2)N=C(c2ccccc2)c2cc(Cl)ccc21. The van der Waals surface area contributed by atoms with Crippen LogP contribution in [0.1, 0.15) is 16.7 Å². The van der Waals surface area contributed by atoms with E-state index in [0.717, 1.165) is 11.1 Å². The van der Waals surface area contributed by atoms with Crippen molar-refractivity contribution in [1.82, 2.24) is 5.32 Å². The van der Waals surface area contributed by atoms with Crippen molar-refractivity contribution in [3.63, 3.8) is 0 Å². The summed E-state index contributed by atoms with van der Waals surface area (Å²) in [6.07, 6.45) is 0.509. The largest absolute Gasteiger partial charge is 0.331 e. The lowest BCUT2D eigenvalue weighted by Gasteiger charge is -2.21. The number of hydrogen-bond donors (Lipinski definition) is 1. The van der Waals surface area contributed by atoms with Crippen LogP contribution >= 0.6 is 23.8 Å². The van der Waals surface area contributed by atoms with Gasteiger partial charge in [-0.15, -0.1) is 0 Å². The summed E-state index contributed by atoms with van der Waals surface area (Å²) in [5.41, 5.74) is 3.56. The first kappa shape index (κ1) is 21.8. The Hall–Kier alpha value is -3.42. The number of fused-ring (bicyclic) bond motifs is 1. The molecule has 1 heterocycles. The molecule has 0 radical (unpaired) electrons. The molecule has 0 saturated carbocycles. The average Bonchev–Trinajstić information content (AvgIpc) is 2.89. The number of thiocarbonyl (C=S) groups is 1. The predicted molar refractivity (Wildman–Crippen MR) is 130 cm³/mol. The number of benzodiazepines with no additional fused rings is 1. The van der Waals surface area contributed by atoms with Gasteiger partial charge < -0.3 is 10.2 Å². The van der Waals surface area contributed by atoms with Crippen molar-refractivity contribution in [3.05, 3.63) is 100 Å². The van der Waals surface area contributed by atoms with Gasteiger partial charge >= 0.3 is 0 Å². The molecule has 1 amide bonds. The predicted octanol–water partition coefficient (Wildman–Crippen LogP) is 4.61. The van der Waals surface area contributed by atoms with Crippen LogP contribution in [0.5, 0.6) is 0 Å². The quantitative estimate of drug-likeness (QED) is 0.455. The van der Waals surface area contributed by atoms with Crippen LogP contribution < -0.4 is 10.2 Å². The lowest BCUT2D eigenvalue weighted by atomic mass is 10.0. The number of aliphatic imine (C=N–C) groups is 2. The molecule has 0 fully saturated rings. The van der Waals surface area contributed by atoms with Crippen LogP contribution in [0.15, 0.2) is 82.8 Å². The molecule has 0 saturated heterocycles. The van der Waals surface area contributed by atoms with E-state index < -0.39 is 6.17 Å². The number of hydrogen-bond acceptors (Lipinski definition) is 3. The molecule has 1 N–H and O–H groups in total. The second kappa shape index (κ2) is 9.38. The zero-order valence-electron chi connectivity index (χ0n) is 17.0. The zero-order valence-corrected chi connectivity index (χ0v) is 18.6. The van der Waals surface area contributed by atoms with E-state index in [1.165, 1.54) is 23.2 Å². The van der Waals surface area contributed by atoms with Crippen molar-refractivity contribution >= 4 is 52.5 Å². The summed E-state index contributed by atoms with van der Waals surface area (Å²) in [7, 11) is 1.68. The molecule has 1 aliphatic rings. The fraction of sp³-hybridized carbons (Fsp3) is 0.0833. The number of nitrogens with zero attached hydrogens (tertiary/aromatic N) is 3. The standard InChI is InChI=1S/C24H18ClFN4OS/c1-30-20-12-9-17(25)13-19(20)21(16-5-3-2-4-6-16)28-22(23(30)31)29-24(32)27-14-15-7-10-18(26)11-8-15/h2-14,22H,1H3,(H,29,32)/b27-14+. The van der Waals surface area contributed by atoms with Gasteiger partial charge in [-0.25, -0.2) is 14.4 Å². The molecule has 0 aliphatic carbocycles. The molecule has 160 valence electrons. The maximum Gasteiger partial charge on any atom is 0.272 e. The number of anilines is 1. The van der Waals surface area contributed by atoms with E-state index >= 15 is 0 Å². The van der Waals surface area contributed by atoms with Crippen LogP contribution in [0.25, 0.3) is 0 Å². The van der Waals surface area contributed by atoms with E-state index in [-0.39, 0.29) is 16.8 Å². The summed E-state index contributed by atoms with van der Waals surface area (Å²) >= 11 is 11.6. The summed E-state index contributed by atoms with van der Waals surface area (Å²) in [6.45, 7) is 0. The summed E-state index contributed by atoms with van der Waals surface area (Å²) in [6, 6.07) is 20.7.